The molecule has 0 bridgehead atoms. The van der Waals surface area contributed by atoms with Gasteiger partial charge >= 0.3 is 5.97 Å². The molecule has 1 aromatic carbocycles. The van der Waals surface area contributed by atoms with Crippen LogP contribution in [-0.4, -0.2) is 17.7 Å². The molecule has 0 aromatic heterocycles. The summed E-state index contributed by atoms with van der Waals surface area (Å²) in [4.78, 5) is 11.6. The minimum Gasteiger partial charge on any atom is -0.508 e. The van der Waals surface area contributed by atoms with Crippen LogP contribution in [0.2, 0.25) is 0 Å². The van der Waals surface area contributed by atoms with Crippen LogP contribution in [-0.2, 0) is 4.74 Å². The third kappa shape index (κ3) is 3.09. The van der Waals surface area contributed by atoms with Crippen LogP contribution in [0.4, 0.5) is 0 Å². The van der Waals surface area contributed by atoms with Crippen molar-refractivity contribution in [3.8, 4) is 5.75 Å². The molecular weight excluding hydrogens is 216 g/mol. The summed E-state index contributed by atoms with van der Waals surface area (Å²) in [7, 11) is 0. The Bertz CT molecular complexity index is 435. The number of aromatic hydroxyl groups is 1. The van der Waals surface area contributed by atoms with Crippen molar-refractivity contribution < 1.29 is 14.6 Å². The van der Waals surface area contributed by atoms with Gasteiger partial charge in [-0.3, -0.25) is 0 Å². The van der Waals surface area contributed by atoms with E-state index in [1.165, 1.54) is 6.07 Å². The number of phenols is 1. The van der Waals surface area contributed by atoms with Crippen LogP contribution in [0.15, 0.2) is 30.4 Å². The topological polar surface area (TPSA) is 46.5 Å². The maximum absolute atomic E-state index is 11.6. The molecule has 1 aromatic rings. The number of esters is 1. The summed E-state index contributed by atoms with van der Waals surface area (Å²) in [5.41, 5.74) is 2.08. The average molecular weight is 234 g/mol. The minimum atomic E-state index is -0.373. The van der Waals surface area contributed by atoms with Crippen molar-refractivity contribution in [2.75, 3.05) is 6.61 Å². The molecule has 17 heavy (non-hydrogen) atoms. The number of hydrogen-bond acceptors (Lipinski definition) is 3. The maximum Gasteiger partial charge on any atom is 0.338 e. The molecule has 1 rings (SSSR count). The summed E-state index contributed by atoms with van der Waals surface area (Å²) in [6.07, 6.45) is 0. The van der Waals surface area contributed by atoms with Crippen molar-refractivity contribution in [1.82, 2.24) is 0 Å². The zero-order chi connectivity index (χ0) is 13.0. The van der Waals surface area contributed by atoms with Crippen LogP contribution in [0.25, 0.3) is 0 Å². The predicted octanol–water partition coefficient (Wildman–Crippen LogP) is 3.25. The fourth-order valence-electron chi connectivity index (χ4n) is 1.51. The second-order valence-corrected chi connectivity index (χ2v) is 4.06. The summed E-state index contributed by atoms with van der Waals surface area (Å²) < 4.78 is 4.92. The average Bonchev–Trinajstić information content (AvgIpc) is 2.28. The number of ether oxygens (including phenoxy) is 1. The molecule has 1 atom stereocenters. The Kier molecular flexibility index (Phi) is 4.32. The monoisotopic (exact) mass is 234 g/mol. The SMILES string of the molecule is C=C(C)[C@H](C)c1cc(C(=O)OCC)ccc1O. The van der Waals surface area contributed by atoms with Crippen LogP contribution in [0, 0.1) is 0 Å². The number of carbonyl (C=O) groups is 1. The second kappa shape index (κ2) is 5.53. The smallest absolute Gasteiger partial charge is 0.338 e. The molecule has 0 unspecified atom stereocenters. The van der Waals surface area contributed by atoms with Gasteiger partial charge < -0.3 is 9.84 Å². The van der Waals surface area contributed by atoms with Crippen molar-refractivity contribution in [2.24, 2.45) is 0 Å². The Hall–Kier alpha value is -1.77. The standard InChI is InChI=1S/C14H18O3/c1-5-17-14(16)11-6-7-13(15)12(8-11)10(4)9(2)3/h6-8,10,15H,2,5H2,1,3-4H3/t10-/m0/s1. The molecule has 92 valence electrons. The molecular formula is C14H18O3. The summed E-state index contributed by atoms with van der Waals surface area (Å²) in [5, 5.41) is 9.77. The number of phenolic OH excluding ortho intramolecular Hbond substituents is 1. The molecule has 0 spiro atoms. The van der Waals surface area contributed by atoms with E-state index in [-0.39, 0.29) is 17.6 Å². The third-order valence-corrected chi connectivity index (χ3v) is 2.74. The van der Waals surface area contributed by atoms with E-state index in [0.717, 1.165) is 5.57 Å². The number of allylic oxidation sites excluding steroid dienone is 1. The first-order valence-corrected chi connectivity index (χ1v) is 5.62. The number of benzene rings is 1. The van der Waals surface area contributed by atoms with Crippen LogP contribution < -0.4 is 0 Å². The molecule has 0 aliphatic carbocycles. The first-order valence-electron chi connectivity index (χ1n) is 5.62. The summed E-state index contributed by atoms with van der Waals surface area (Å²) >= 11 is 0. The van der Waals surface area contributed by atoms with Gasteiger partial charge in [0.15, 0.2) is 0 Å². The van der Waals surface area contributed by atoms with Crippen LogP contribution >= 0.6 is 0 Å². The van der Waals surface area contributed by atoms with Gasteiger partial charge in [-0.15, -0.1) is 0 Å². The van der Waals surface area contributed by atoms with Gasteiger partial charge in [-0.1, -0.05) is 19.1 Å². The summed E-state index contributed by atoms with van der Waals surface area (Å²) in [6, 6.07) is 4.73. The molecule has 0 saturated heterocycles. The van der Waals surface area contributed by atoms with Gasteiger partial charge in [0.05, 0.1) is 12.2 Å². The van der Waals surface area contributed by atoms with E-state index in [1.807, 2.05) is 13.8 Å². The van der Waals surface area contributed by atoms with Gasteiger partial charge in [0.1, 0.15) is 5.75 Å². The van der Waals surface area contributed by atoms with Crippen molar-refractivity contribution in [3.05, 3.63) is 41.5 Å². The van der Waals surface area contributed by atoms with Gasteiger partial charge in [-0.25, -0.2) is 4.79 Å². The van der Waals surface area contributed by atoms with Crippen molar-refractivity contribution in [1.29, 1.82) is 0 Å². The van der Waals surface area contributed by atoms with Gasteiger partial charge in [0, 0.05) is 11.5 Å². The van der Waals surface area contributed by atoms with E-state index in [2.05, 4.69) is 6.58 Å². The minimum absolute atomic E-state index is 0.00405. The van der Waals surface area contributed by atoms with Crippen molar-refractivity contribution in [3.63, 3.8) is 0 Å². The predicted molar refractivity (Wildman–Crippen MR) is 67.3 cm³/mol. The lowest BCUT2D eigenvalue weighted by Crippen LogP contribution is -2.06. The Morgan fingerprint density at radius 1 is 1.53 bits per heavy atom. The van der Waals surface area contributed by atoms with Crippen LogP contribution in [0.3, 0.4) is 0 Å². The van der Waals surface area contributed by atoms with E-state index in [9.17, 15) is 9.90 Å². The molecule has 0 aliphatic rings. The highest BCUT2D eigenvalue weighted by Gasteiger charge is 2.15. The molecule has 0 amide bonds. The molecule has 0 heterocycles. The number of rotatable bonds is 4. The highest BCUT2D eigenvalue weighted by molar-refractivity contribution is 5.90. The fraction of sp³-hybridized carbons (Fsp3) is 0.357. The third-order valence-electron chi connectivity index (χ3n) is 2.74. The quantitative estimate of drug-likeness (QED) is 0.642. The lowest BCUT2D eigenvalue weighted by Gasteiger charge is -2.14. The Morgan fingerprint density at radius 2 is 2.18 bits per heavy atom. The lowest BCUT2D eigenvalue weighted by molar-refractivity contribution is 0.0526. The first-order chi connectivity index (χ1) is 7.97. The van der Waals surface area contributed by atoms with Crippen molar-refractivity contribution in [2.45, 2.75) is 26.7 Å². The molecule has 0 fully saturated rings. The van der Waals surface area contributed by atoms with E-state index in [4.69, 9.17) is 4.74 Å². The first kappa shape index (κ1) is 13.3. The Balaban J connectivity index is 3.10. The largest absolute Gasteiger partial charge is 0.508 e. The van der Waals surface area contributed by atoms with Gasteiger partial charge in [0.25, 0.3) is 0 Å². The van der Waals surface area contributed by atoms with E-state index >= 15 is 0 Å². The van der Waals surface area contributed by atoms with Gasteiger partial charge in [0.2, 0.25) is 0 Å². The van der Waals surface area contributed by atoms with Crippen molar-refractivity contribution >= 4 is 5.97 Å². The Labute approximate surface area is 102 Å². The molecule has 0 saturated carbocycles. The van der Waals surface area contributed by atoms with Crippen LogP contribution in [0.5, 0.6) is 5.75 Å². The molecule has 3 nitrogen and oxygen atoms in total. The summed E-state index contributed by atoms with van der Waals surface area (Å²) in [5.74, 6) is -0.194. The van der Waals surface area contributed by atoms with Crippen LogP contribution in [0.1, 0.15) is 42.6 Å². The highest BCUT2D eigenvalue weighted by atomic mass is 16.5. The Morgan fingerprint density at radius 3 is 2.71 bits per heavy atom. The zero-order valence-electron chi connectivity index (χ0n) is 10.5. The second-order valence-electron chi connectivity index (χ2n) is 4.06. The lowest BCUT2D eigenvalue weighted by atomic mass is 9.93. The fourth-order valence-corrected chi connectivity index (χ4v) is 1.51. The van der Waals surface area contributed by atoms with Gasteiger partial charge in [-0.2, -0.15) is 0 Å². The zero-order valence-corrected chi connectivity index (χ0v) is 10.5. The number of hydrogen-bond donors (Lipinski definition) is 1. The van der Waals surface area contributed by atoms with E-state index < -0.39 is 0 Å². The molecule has 0 aliphatic heterocycles. The van der Waals surface area contributed by atoms with E-state index in [1.54, 1.807) is 19.1 Å². The maximum atomic E-state index is 11.6. The van der Waals surface area contributed by atoms with Gasteiger partial charge in [-0.05, 0) is 32.0 Å². The van der Waals surface area contributed by atoms with E-state index in [0.29, 0.717) is 17.7 Å². The highest BCUT2D eigenvalue weighted by Crippen LogP contribution is 2.30. The normalized spacial score (nSPS) is 11.9. The molecule has 1 N–H and O–H groups in total. The molecule has 0 radical (unpaired) electrons. The number of carbonyl (C=O) groups excluding carboxylic acids is 1. The summed E-state index contributed by atoms with van der Waals surface area (Å²) in [6.45, 7) is 9.78. The molecule has 3 heteroatoms.